The molecular formula is C14H19NO3. The molecule has 18 heavy (non-hydrogen) atoms. The summed E-state index contributed by atoms with van der Waals surface area (Å²) in [6.07, 6.45) is 2.00. The summed E-state index contributed by atoms with van der Waals surface area (Å²) < 4.78 is 10.1. The average molecular weight is 249 g/mol. The molecule has 98 valence electrons. The molecule has 4 nitrogen and oxygen atoms in total. The Morgan fingerprint density at radius 1 is 1.39 bits per heavy atom. The van der Waals surface area contributed by atoms with Crippen LogP contribution in [-0.2, 0) is 16.1 Å². The van der Waals surface area contributed by atoms with Crippen molar-refractivity contribution in [1.29, 1.82) is 0 Å². The molecule has 1 atom stereocenters. The van der Waals surface area contributed by atoms with Gasteiger partial charge in [0.15, 0.2) is 6.10 Å². The fourth-order valence-electron chi connectivity index (χ4n) is 1.65. The standard InChI is InChI=1S/C14H19NO3/c1-10(14(16)17-2)18-13-7-3-11(4-8-13)9-15-12-5-6-12/h3-4,7-8,10,12,15H,5-6,9H2,1-2H3. The second-order valence-corrected chi connectivity index (χ2v) is 4.58. The van der Waals surface area contributed by atoms with Crippen molar-refractivity contribution in [1.82, 2.24) is 5.32 Å². The van der Waals surface area contributed by atoms with Crippen LogP contribution in [0, 0.1) is 0 Å². The minimum absolute atomic E-state index is 0.366. The van der Waals surface area contributed by atoms with E-state index in [4.69, 9.17) is 4.74 Å². The maximum absolute atomic E-state index is 11.2. The number of nitrogens with one attached hydrogen (secondary N) is 1. The van der Waals surface area contributed by atoms with Gasteiger partial charge in [-0.25, -0.2) is 4.79 Å². The highest BCUT2D eigenvalue weighted by Gasteiger charge is 2.20. The van der Waals surface area contributed by atoms with E-state index < -0.39 is 6.10 Å². The Labute approximate surface area is 107 Å². The smallest absolute Gasteiger partial charge is 0.346 e. The predicted molar refractivity (Wildman–Crippen MR) is 68.4 cm³/mol. The highest BCUT2D eigenvalue weighted by molar-refractivity contribution is 5.74. The Bertz CT molecular complexity index is 398. The van der Waals surface area contributed by atoms with E-state index in [-0.39, 0.29) is 5.97 Å². The van der Waals surface area contributed by atoms with Gasteiger partial charge in [-0.1, -0.05) is 12.1 Å². The van der Waals surface area contributed by atoms with Gasteiger partial charge in [0.2, 0.25) is 0 Å². The molecule has 4 heteroatoms. The van der Waals surface area contributed by atoms with Crippen molar-refractivity contribution in [3.63, 3.8) is 0 Å². The summed E-state index contributed by atoms with van der Waals surface area (Å²) >= 11 is 0. The van der Waals surface area contributed by atoms with E-state index in [1.54, 1.807) is 6.92 Å². The summed E-state index contributed by atoms with van der Waals surface area (Å²) in [6, 6.07) is 8.48. The number of hydrogen-bond acceptors (Lipinski definition) is 4. The average Bonchev–Trinajstić information content (AvgIpc) is 3.21. The number of carbonyl (C=O) groups excluding carboxylic acids is 1. The quantitative estimate of drug-likeness (QED) is 0.782. The molecule has 1 aliphatic rings. The van der Waals surface area contributed by atoms with Gasteiger partial charge in [0, 0.05) is 12.6 Å². The second-order valence-electron chi connectivity index (χ2n) is 4.58. The Balaban J connectivity index is 1.84. The molecule has 0 bridgehead atoms. The lowest BCUT2D eigenvalue weighted by Crippen LogP contribution is -2.24. The number of esters is 1. The van der Waals surface area contributed by atoms with E-state index in [0.717, 1.165) is 6.54 Å². The summed E-state index contributed by atoms with van der Waals surface area (Å²) in [7, 11) is 1.36. The van der Waals surface area contributed by atoms with E-state index in [2.05, 4.69) is 10.1 Å². The van der Waals surface area contributed by atoms with E-state index in [0.29, 0.717) is 11.8 Å². The summed E-state index contributed by atoms with van der Waals surface area (Å²) in [5, 5.41) is 3.45. The predicted octanol–water partition coefficient (Wildman–Crippen LogP) is 1.88. The molecule has 0 aromatic heterocycles. The van der Waals surface area contributed by atoms with Gasteiger partial charge in [0.25, 0.3) is 0 Å². The molecule has 0 heterocycles. The Hall–Kier alpha value is -1.55. The van der Waals surface area contributed by atoms with Crippen molar-refractivity contribution >= 4 is 5.97 Å². The summed E-state index contributed by atoms with van der Waals surface area (Å²) in [4.78, 5) is 11.2. The first-order chi connectivity index (χ1) is 8.69. The monoisotopic (exact) mass is 249 g/mol. The first-order valence-electron chi connectivity index (χ1n) is 6.26. The van der Waals surface area contributed by atoms with Gasteiger partial charge in [-0.3, -0.25) is 0 Å². The molecule has 0 spiro atoms. The zero-order valence-corrected chi connectivity index (χ0v) is 10.8. The molecule has 1 aliphatic carbocycles. The number of benzene rings is 1. The van der Waals surface area contributed by atoms with Crippen molar-refractivity contribution in [2.24, 2.45) is 0 Å². The van der Waals surface area contributed by atoms with Crippen LogP contribution in [0.2, 0.25) is 0 Å². The third kappa shape index (κ3) is 3.74. The molecule has 1 saturated carbocycles. The fourth-order valence-corrected chi connectivity index (χ4v) is 1.65. The van der Waals surface area contributed by atoms with Crippen molar-refractivity contribution in [2.45, 2.75) is 38.5 Å². The van der Waals surface area contributed by atoms with Crippen LogP contribution in [0.1, 0.15) is 25.3 Å². The summed E-state index contributed by atoms with van der Waals surface area (Å²) in [6.45, 7) is 2.56. The van der Waals surface area contributed by atoms with Gasteiger partial charge in [0.05, 0.1) is 7.11 Å². The molecule has 0 aliphatic heterocycles. The van der Waals surface area contributed by atoms with Crippen LogP contribution in [0.15, 0.2) is 24.3 Å². The van der Waals surface area contributed by atoms with E-state index in [1.807, 2.05) is 24.3 Å². The molecule has 1 fully saturated rings. The fraction of sp³-hybridized carbons (Fsp3) is 0.500. The van der Waals surface area contributed by atoms with Gasteiger partial charge in [-0.05, 0) is 37.5 Å². The van der Waals surface area contributed by atoms with Gasteiger partial charge in [-0.15, -0.1) is 0 Å². The Kier molecular flexibility index (Phi) is 4.20. The molecular weight excluding hydrogens is 230 g/mol. The first-order valence-corrected chi connectivity index (χ1v) is 6.26. The van der Waals surface area contributed by atoms with E-state index >= 15 is 0 Å². The molecule has 1 aromatic carbocycles. The van der Waals surface area contributed by atoms with Crippen LogP contribution in [-0.4, -0.2) is 25.2 Å². The third-order valence-corrected chi connectivity index (χ3v) is 2.94. The number of methoxy groups -OCH3 is 1. The zero-order chi connectivity index (χ0) is 13.0. The van der Waals surface area contributed by atoms with Gasteiger partial charge >= 0.3 is 5.97 Å². The lowest BCUT2D eigenvalue weighted by atomic mass is 10.2. The van der Waals surface area contributed by atoms with Gasteiger partial charge in [0.1, 0.15) is 5.75 Å². The number of rotatable bonds is 6. The normalized spacial score (nSPS) is 16.1. The van der Waals surface area contributed by atoms with E-state index in [9.17, 15) is 4.79 Å². The maximum atomic E-state index is 11.2. The Morgan fingerprint density at radius 3 is 2.61 bits per heavy atom. The SMILES string of the molecule is COC(=O)C(C)Oc1ccc(CNC2CC2)cc1. The lowest BCUT2D eigenvalue weighted by Gasteiger charge is -2.12. The Morgan fingerprint density at radius 2 is 2.06 bits per heavy atom. The topological polar surface area (TPSA) is 47.6 Å². The number of hydrogen-bond donors (Lipinski definition) is 1. The van der Waals surface area contributed by atoms with E-state index in [1.165, 1.54) is 25.5 Å². The van der Waals surface area contributed by atoms with Gasteiger partial charge < -0.3 is 14.8 Å². The minimum Gasteiger partial charge on any atom is -0.479 e. The first kappa shape index (κ1) is 12.9. The van der Waals surface area contributed by atoms with Crippen LogP contribution < -0.4 is 10.1 Å². The molecule has 0 saturated heterocycles. The second kappa shape index (κ2) is 5.87. The molecule has 0 radical (unpaired) electrons. The molecule has 1 N–H and O–H groups in total. The molecule has 2 rings (SSSR count). The number of carbonyl (C=O) groups is 1. The third-order valence-electron chi connectivity index (χ3n) is 2.94. The van der Waals surface area contributed by atoms with Crippen LogP contribution >= 0.6 is 0 Å². The summed E-state index contributed by atoms with van der Waals surface area (Å²) in [5.41, 5.74) is 1.22. The largest absolute Gasteiger partial charge is 0.479 e. The maximum Gasteiger partial charge on any atom is 0.346 e. The van der Waals surface area contributed by atoms with Crippen LogP contribution in [0.4, 0.5) is 0 Å². The zero-order valence-electron chi connectivity index (χ0n) is 10.8. The lowest BCUT2D eigenvalue weighted by molar-refractivity contribution is -0.147. The van der Waals surface area contributed by atoms with Crippen molar-refractivity contribution in [2.75, 3.05) is 7.11 Å². The molecule has 0 amide bonds. The van der Waals surface area contributed by atoms with Crippen molar-refractivity contribution < 1.29 is 14.3 Å². The van der Waals surface area contributed by atoms with Crippen LogP contribution in [0.25, 0.3) is 0 Å². The highest BCUT2D eigenvalue weighted by atomic mass is 16.6. The van der Waals surface area contributed by atoms with Gasteiger partial charge in [-0.2, -0.15) is 0 Å². The van der Waals surface area contributed by atoms with Crippen LogP contribution in [0.5, 0.6) is 5.75 Å². The minimum atomic E-state index is -0.578. The highest BCUT2D eigenvalue weighted by Crippen LogP contribution is 2.20. The number of ether oxygens (including phenoxy) is 2. The van der Waals surface area contributed by atoms with Crippen molar-refractivity contribution in [3.05, 3.63) is 29.8 Å². The summed E-state index contributed by atoms with van der Waals surface area (Å²) in [5.74, 6) is 0.317. The molecule has 1 aromatic rings. The van der Waals surface area contributed by atoms with Crippen LogP contribution in [0.3, 0.4) is 0 Å². The van der Waals surface area contributed by atoms with Crippen molar-refractivity contribution in [3.8, 4) is 5.75 Å². The molecule has 1 unspecified atom stereocenters.